The first-order valence-corrected chi connectivity index (χ1v) is 9.34. The van der Waals surface area contributed by atoms with Crippen LogP contribution in [0.5, 0.6) is 0 Å². The van der Waals surface area contributed by atoms with Crippen LogP contribution >= 0.6 is 11.8 Å². The molecule has 2 bridgehead atoms. The maximum absolute atomic E-state index is 12.4. The van der Waals surface area contributed by atoms with Crippen molar-refractivity contribution in [3.63, 3.8) is 0 Å². The molecule has 136 valence electrons. The molecule has 0 saturated carbocycles. The molecule has 3 atom stereocenters. The smallest absolute Gasteiger partial charge is 0.322 e. The zero-order chi connectivity index (χ0) is 18.1. The molecule has 2 saturated heterocycles. The lowest BCUT2D eigenvalue weighted by Crippen LogP contribution is -2.42. The van der Waals surface area contributed by atoms with Gasteiger partial charge in [-0.1, -0.05) is 10.2 Å². The summed E-state index contributed by atoms with van der Waals surface area (Å²) in [6, 6.07) is 8.49. The SMILES string of the molecule is CC(=O)Nc1nnc(Sc2ccc(C(=O)N[C@@H]3C[C@H]4CC[C@@H]3N4)cc2)o1. The van der Waals surface area contributed by atoms with Crippen molar-refractivity contribution in [3.05, 3.63) is 29.8 Å². The van der Waals surface area contributed by atoms with Crippen molar-refractivity contribution in [1.82, 2.24) is 20.8 Å². The van der Waals surface area contributed by atoms with Gasteiger partial charge in [-0.3, -0.25) is 14.9 Å². The van der Waals surface area contributed by atoms with E-state index in [1.54, 1.807) is 12.1 Å². The van der Waals surface area contributed by atoms with Crippen molar-refractivity contribution in [2.24, 2.45) is 0 Å². The minimum atomic E-state index is -0.272. The number of nitrogens with one attached hydrogen (secondary N) is 3. The number of hydrogen-bond acceptors (Lipinski definition) is 7. The number of fused-ring (bicyclic) bond motifs is 2. The van der Waals surface area contributed by atoms with E-state index in [2.05, 4.69) is 26.1 Å². The third-order valence-corrected chi connectivity index (χ3v) is 5.48. The summed E-state index contributed by atoms with van der Waals surface area (Å²) in [5, 5.41) is 17.0. The molecular weight excluding hydrogens is 354 g/mol. The minimum absolute atomic E-state index is 0.0494. The minimum Gasteiger partial charge on any atom is -0.397 e. The van der Waals surface area contributed by atoms with Gasteiger partial charge in [0.25, 0.3) is 11.1 Å². The second-order valence-electron chi connectivity index (χ2n) is 6.54. The van der Waals surface area contributed by atoms with Crippen LogP contribution in [0.1, 0.15) is 36.5 Å². The molecule has 2 aliphatic rings. The van der Waals surface area contributed by atoms with Crippen molar-refractivity contribution >= 4 is 29.6 Å². The zero-order valence-electron chi connectivity index (χ0n) is 14.2. The van der Waals surface area contributed by atoms with Crippen molar-refractivity contribution < 1.29 is 14.0 Å². The van der Waals surface area contributed by atoms with Crippen LogP contribution in [0.25, 0.3) is 0 Å². The highest BCUT2D eigenvalue weighted by molar-refractivity contribution is 7.99. The van der Waals surface area contributed by atoms with Gasteiger partial charge < -0.3 is 15.1 Å². The molecular formula is C17H19N5O3S. The Hall–Kier alpha value is -2.39. The molecule has 4 rings (SSSR count). The summed E-state index contributed by atoms with van der Waals surface area (Å²) in [5.74, 6) is -0.321. The quantitative estimate of drug-likeness (QED) is 0.733. The lowest BCUT2D eigenvalue weighted by Gasteiger charge is -2.21. The average molecular weight is 373 g/mol. The van der Waals surface area contributed by atoms with E-state index >= 15 is 0 Å². The van der Waals surface area contributed by atoms with E-state index in [4.69, 9.17) is 4.42 Å². The molecule has 1 aromatic carbocycles. The zero-order valence-corrected chi connectivity index (χ0v) is 15.0. The number of nitrogens with zero attached hydrogens (tertiary/aromatic N) is 2. The highest BCUT2D eigenvalue weighted by atomic mass is 32.2. The van der Waals surface area contributed by atoms with Crippen molar-refractivity contribution in [2.45, 2.75) is 54.4 Å². The predicted octanol–water partition coefficient (Wildman–Crippen LogP) is 1.80. The fourth-order valence-electron chi connectivity index (χ4n) is 3.46. The Morgan fingerprint density at radius 1 is 1.23 bits per heavy atom. The van der Waals surface area contributed by atoms with Gasteiger partial charge in [0, 0.05) is 35.5 Å². The second-order valence-corrected chi connectivity index (χ2v) is 7.57. The van der Waals surface area contributed by atoms with Crippen LogP contribution in [0.2, 0.25) is 0 Å². The van der Waals surface area contributed by atoms with Crippen LogP contribution in [0.15, 0.2) is 38.8 Å². The average Bonchev–Trinajstić information content (AvgIpc) is 3.32. The number of aromatic nitrogens is 2. The van der Waals surface area contributed by atoms with Gasteiger partial charge in [0.1, 0.15) is 0 Å². The van der Waals surface area contributed by atoms with Gasteiger partial charge in [-0.15, -0.1) is 0 Å². The fourth-order valence-corrected chi connectivity index (χ4v) is 4.14. The number of carbonyl (C=O) groups excluding carboxylic acids is 2. The Balaban J connectivity index is 1.35. The molecule has 2 aromatic rings. The molecule has 2 aliphatic heterocycles. The van der Waals surface area contributed by atoms with E-state index in [-0.39, 0.29) is 23.9 Å². The summed E-state index contributed by atoms with van der Waals surface area (Å²) >= 11 is 1.27. The number of benzene rings is 1. The van der Waals surface area contributed by atoms with Gasteiger partial charge in [-0.25, -0.2) is 0 Å². The molecule has 9 heteroatoms. The van der Waals surface area contributed by atoms with E-state index in [0.29, 0.717) is 22.9 Å². The van der Waals surface area contributed by atoms with Gasteiger partial charge in [0.15, 0.2) is 0 Å². The third-order valence-electron chi connectivity index (χ3n) is 4.63. The van der Waals surface area contributed by atoms with Crippen LogP contribution in [0, 0.1) is 0 Å². The summed E-state index contributed by atoms with van der Waals surface area (Å²) < 4.78 is 5.32. The Kier molecular flexibility index (Phi) is 4.64. The van der Waals surface area contributed by atoms with Crippen LogP contribution in [0.3, 0.4) is 0 Å². The topological polar surface area (TPSA) is 109 Å². The molecule has 1 aromatic heterocycles. The van der Waals surface area contributed by atoms with Crippen LogP contribution < -0.4 is 16.0 Å². The normalized spacial score (nSPS) is 23.8. The largest absolute Gasteiger partial charge is 0.397 e. The van der Waals surface area contributed by atoms with E-state index in [0.717, 1.165) is 17.7 Å². The number of rotatable bonds is 5. The molecule has 0 aliphatic carbocycles. The second kappa shape index (κ2) is 7.08. The van der Waals surface area contributed by atoms with Gasteiger partial charge in [0.05, 0.1) is 0 Å². The maximum Gasteiger partial charge on any atom is 0.322 e. The molecule has 0 spiro atoms. The lowest BCUT2D eigenvalue weighted by molar-refractivity contribution is -0.114. The molecule has 0 unspecified atom stereocenters. The standard InChI is InChI=1S/C17H19N5O3S/c1-9(23)18-16-21-22-17(25-16)26-12-5-2-10(3-6-12)15(24)20-14-8-11-4-7-13(14)19-11/h2-3,5-6,11,13-14,19H,4,7-8H2,1H3,(H,20,24)(H,18,21,23)/t11-,13+,14-/m1/s1. The number of carbonyl (C=O) groups is 2. The van der Waals surface area contributed by atoms with Crippen LogP contribution in [-0.2, 0) is 4.79 Å². The molecule has 2 amide bonds. The highest BCUT2D eigenvalue weighted by Gasteiger charge is 2.39. The summed E-state index contributed by atoms with van der Waals surface area (Å²) in [6.07, 6.45) is 3.36. The Bertz CT molecular complexity index is 822. The Morgan fingerprint density at radius 3 is 2.69 bits per heavy atom. The fraction of sp³-hybridized carbons (Fsp3) is 0.412. The maximum atomic E-state index is 12.4. The third kappa shape index (κ3) is 3.73. The van der Waals surface area contributed by atoms with Gasteiger partial charge in [-0.05, 0) is 55.3 Å². The van der Waals surface area contributed by atoms with E-state index in [9.17, 15) is 9.59 Å². The first-order valence-electron chi connectivity index (χ1n) is 8.53. The van der Waals surface area contributed by atoms with E-state index in [1.807, 2.05) is 12.1 Å². The van der Waals surface area contributed by atoms with Gasteiger partial charge >= 0.3 is 6.01 Å². The lowest BCUT2D eigenvalue weighted by atomic mass is 9.95. The number of anilines is 1. The summed E-state index contributed by atoms with van der Waals surface area (Å²) in [5.41, 5.74) is 0.626. The first-order chi connectivity index (χ1) is 12.6. The summed E-state index contributed by atoms with van der Waals surface area (Å²) in [6.45, 7) is 1.37. The first kappa shape index (κ1) is 17.0. The monoisotopic (exact) mass is 373 g/mol. The number of amides is 2. The van der Waals surface area contributed by atoms with Crippen molar-refractivity contribution in [1.29, 1.82) is 0 Å². The molecule has 26 heavy (non-hydrogen) atoms. The summed E-state index contributed by atoms with van der Waals surface area (Å²) in [4.78, 5) is 24.2. The Morgan fingerprint density at radius 2 is 2.04 bits per heavy atom. The summed E-state index contributed by atoms with van der Waals surface area (Å²) in [7, 11) is 0. The predicted molar refractivity (Wildman–Crippen MR) is 95.0 cm³/mol. The van der Waals surface area contributed by atoms with E-state index < -0.39 is 0 Å². The van der Waals surface area contributed by atoms with Gasteiger partial charge in [-0.2, -0.15) is 0 Å². The van der Waals surface area contributed by atoms with Crippen molar-refractivity contribution in [3.8, 4) is 0 Å². The molecule has 0 radical (unpaired) electrons. The van der Waals surface area contributed by atoms with Crippen LogP contribution in [-0.4, -0.2) is 40.1 Å². The molecule has 8 nitrogen and oxygen atoms in total. The molecule has 3 N–H and O–H groups in total. The highest BCUT2D eigenvalue weighted by Crippen LogP contribution is 2.29. The molecule has 2 fully saturated rings. The Labute approximate surface area is 154 Å². The number of hydrogen-bond donors (Lipinski definition) is 3. The van der Waals surface area contributed by atoms with Gasteiger partial charge in [0.2, 0.25) is 5.91 Å². The van der Waals surface area contributed by atoms with E-state index in [1.165, 1.54) is 25.1 Å². The van der Waals surface area contributed by atoms with Crippen molar-refractivity contribution in [2.75, 3.05) is 5.32 Å². The van der Waals surface area contributed by atoms with Crippen LogP contribution in [0.4, 0.5) is 6.01 Å². The molecule has 3 heterocycles.